The number of hydrogen-bond acceptors (Lipinski definition) is 3. The topological polar surface area (TPSA) is 45.7 Å². The van der Waals surface area contributed by atoms with Gasteiger partial charge in [0.1, 0.15) is 5.82 Å². The van der Waals surface area contributed by atoms with E-state index in [1.165, 1.54) is 25.3 Å². The number of methoxy groups -OCH3 is 1. The van der Waals surface area contributed by atoms with Crippen molar-refractivity contribution in [1.82, 2.24) is 10.6 Å². The molecule has 0 spiro atoms. The van der Waals surface area contributed by atoms with Gasteiger partial charge in [0, 0.05) is 32.6 Å². The van der Waals surface area contributed by atoms with Crippen LogP contribution in [0.25, 0.3) is 0 Å². The van der Waals surface area contributed by atoms with Crippen LogP contribution in [0.5, 0.6) is 0 Å². The second kappa shape index (κ2) is 10.8. The van der Waals surface area contributed by atoms with Crippen LogP contribution in [-0.4, -0.2) is 39.0 Å². The largest absolute Gasteiger partial charge is 0.385 e. The van der Waals surface area contributed by atoms with Gasteiger partial charge in [-0.3, -0.25) is 0 Å². The molecule has 0 atom stereocenters. The Balaban J connectivity index is 2.00. The van der Waals surface area contributed by atoms with Crippen LogP contribution in [-0.2, 0) is 17.0 Å². The Morgan fingerprint density at radius 1 is 1.31 bits per heavy atom. The average molecular weight is 382 g/mol. The second-order valence-corrected chi connectivity index (χ2v) is 7.86. The number of nitrogens with zero attached hydrogens (tertiary/aromatic N) is 1. The summed E-state index contributed by atoms with van der Waals surface area (Å²) in [5.41, 5.74) is 2.44. The molecule has 1 aromatic carbocycles. The highest BCUT2D eigenvalue weighted by Crippen LogP contribution is 2.43. The first-order valence-corrected chi connectivity index (χ1v) is 10.8. The molecule has 0 saturated heterocycles. The summed E-state index contributed by atoms with van der Waals surface area (Å²) >= 11 is 1.70. The van der Waals surface area contributed by atoms with E-state index in [-0.39, 0.29) is 5.82 Å². The van der Waals surface area contributed by atoms with Crippen molar-refractivity contribution in [3.05, 3.63) is 35.1 Å². The number of halogens is 1. The van der Waals surface area contributed by atoms with E-state index in [1.807, 2.05) is 12.3 Å². The van der Waals surface area contributed by atoms with E-state index in [4.69, 9.17) is 9.73 Å². The molecule has 0 aliphatic heterocycles. The second-order valence-electron chi connectivity index (χ2n) is 6.99. The number of guanidine groups is 1. The Morgan fingerprint density at radius 2 is 2.12 bits per heavy atom. The highest BCUT2D eigenvalue weighted by Gasteiger charge is 2.36. The van der Waals surface area contributed by atoms with Crippen molar-refractivity contribution in [3.63, 3.8) is 0 Å². The third kappa shape index (κ3) is 6.16. The Morgan fingerprint density at radius 3 is 2.73 bits per heavy atom. The van der Waals surface area contributed by atoms with Gasteiger partial charge in [-0.05, 0) is 61.1 Å². The zero-order valence-corrected chi connectivity index (χ0v) is 17.1. The van der Waals surface area contributed by atoms with Crippen LogP contribution in [0.4, 0.5) is 4.39 Å². The predicted molar refractivity (Wildman–Crippen MR) is 109 cm³/mol. The molecule has 2 rings (SSSR count). The van der Waals surface area contributed by atoms with Crippen LogP contribution in [0.1, 0.15) is 43.7 Å². The van der Waals surface area contributed by atoms with Crippen molar-refractivity contribution in [2.24, 2.45) is 10.4 Å². The van der Waals surface area contributed by atoms with Crippen LogP contribution >= 0.6 is 11.8 Å². The molecule has 146 valence electrons. The SMILES string of the molecule is CCNC(=NCc1ccc(F)cc1CSC)NCC1(CCOC)CCC1. The van der Waals surface area contributed by atoms with Crippen molar-refractivity contribution in [3.8, 4) is 0 Å². The number of hydrogen-bond donors (Lipinski definition) is 2. The normalized spacial score (nSPS) is 16.2. The molecule has 26 heavy (non-hydrogen) atoms. The summed E-state index contributed by atoms with van der Waals surface area (Å²) in [5, 5.41) is 6.83. The third-order valence-corrected chi connectivity index (χ3v) is 5.70. The molecule has 0 amide bonds. The summed E-state index contributed by atoms with van der Waals surface area (Å²) < 4.78 is 18.8. The highest BCUT2D eigenvalue weighted by molar-refractivity contribution is 7.97. The Kier molecular flexibility index (Phi) is 8.72. The fourth-order valence-corrected chi connectivity index (χ4v) is 3.91. The standard InChI is InChI=1S/C20H32FN3OS/c1-4-22-19(24-15-20(8-5-9-20)10-11-25-2)23-13-16-6-7-18(21)12-17(16)14-26-3/h6-7,12H,4-5,8-11,13-15H2,1-3H3,(H2,22,23,24). The van der Waals surface area contributed by atoms with Crippen LogP contribution < -0.4 is 10.6 Å². The quantitative estimate of drug-likeness (QED) is 0.476. The number of thioether (sulfide) groups is 1. The van der Waals surface area contributed by atoms with Gasteiger partial charge >= 0.3 is 0 Å². The Labute approximate surface area is 161 Å². The number of benzene rings is 1. The summed E-state index contributed by atoms with van der Waals surface area (Å²) in [6, 6.07) is 4.99. The molecule has 0 radical (unpaired) electrons. The highest BCUT2D eigenvalue weighted by atomic mass is 32.2. The van der Waals surface area contributed by atoms with Crippen molar-refractivity contribution in [2.75, 3.05) is 33.1 Å². The molecule has 1 aliphatic rings. The van der Waals surface area contributed by atoms with Gasteiger partial charge in [0.15, 0.2) is 5.96 Å². The van der Waals surface area contributed by atoms with E-state index in [9.17, 15) is 4.39 Å². The van der Waals surface area contributed by atoms with Crippen molar-refractivity contribution in [1.29, 1.82) is 0 Å². The first kappa shape index (κ1) is 21.0. The molecule has 4 nitrogen and oxygen atoms in total. The number of ether oxygens (including phenoxy) is 1. The number of rotatable bonds is 10. The van der Waals surface area contributed by atoms with E-state index >= 15 is 0 Å². The molecular weight excluding hydrogens is 349 g/mol. The van der Waals surface area contributed by atoms with E-state index in [0.717, 1.165) is 49.0 Å². The van der Waals surface area contributed by atoms with E-state index in [0.29, 0.717) is 12.0 Å². The summed E-state index contributed by atoms with van der Waals surface area (Å²) in [4.78, 5) is 4.73. The molecule has 0 unspecified atom stereocenters. The summed E-state index contributed by atoms with van der Waals surface area (Å²) in [5.74, 6) is 1.44. The number of aliphatic imine (C=N–C) groups is 1. The molecule has 0 heterocycles. The maximum Gasteiger partial charge on any atom is 0.191 e. The van der Waals surface area contributed by atoms with Gasteiger partial charge in [-0.25, -0.2) is 9.38 Å². The van der Waals surface area contributed by atoms with Gasteiger partial charge < -0.3 is 15.4 Å². The first-order valence-electron chi connectivity index (χ1n) is 9.40. The Bertz CT molecular complexity index is 590. The minimum Gasteiger partial charge on any atom is -0.385 e. The lowest BCUT2D eigenvalue weighted by atomic mass is 9.67. The molecule has 1 aliphatic carbocycles. The lowest BCUT2D eigenvalue weighted by Crippen LogP contribution is -2.47. The Hall–Kier alpha value is -1.27. The molecule has 1 aromatic rings. The van der Waals surface area contributed by atoms with Crippen molar-refractivity contribution in [2.45, 2.75) is 44.9 Å². The minimum atomic E-state index is -0.183. The first-order chi connectivity index (χ1) is 12.6. The van der Waals surface area contributed by atoms with Gasteiger partial charge in [-0.2, -0.15) is 11.8 Å². The van der Waals surface area contributed by atoms with Gasteiger partial charge in [0.25, 0.3) is 0 Å². The molecule has 1 saturated carbocycles. The van der Waals surface area contributed by atoms with E-state index < -0.39 is 0 Å². The molecule has 1 fully saturated rings. The fraction of sp³-hybridized carbons (Fsp3) is 0.650. The average Bonchev–Trinajstić information content (AvgIpc) is 2.60. The fourth-order valence-electron chi connectivity index (χ4n) is 3.33. The van der Waals surface area contributed by atoms with Crippen molar-refractivity contribution >= 4 is 17.7 Å². The van der Waals surface area contributed by atoms with Gasteiger partial charge in [0.05, 0.1) is 6.54 Å². The van der Waals surface area contributed by atoms with Crippen molar-refractivity contribution < 1.29 is 9.13 Å². The maximum atomic E-state index is 13.5. The number of nitrogens with one attached hydrogen (secondary N) is 2. The lowest BCUT2D eigenvalue weighted by molar-refractivity contribution is 0.0732. The van der Waals surface area contributed by atoms with Gasteiger partial charge in [-0.15, -0.1) is 0 Å². The smallest absolute Gasteiger partial charge is 0.191 e. The van der Waals surface area contributed by atoms with E-state index in [1.54, 1.807) is 24.9 Å². The molecule has 0 aromatic heterocycles. The maximum absolute atomic E-state index is 13.5. The molecule has 6 heteroatoms. The third-order valence-electron chi connectivity index (χ3n) is 5.10. The van der Waals surface area contributed by atoms with Crippen LogP contribution in [0.2, 0.25) is 0 Å². The predicted octanol–water partition coefficient (Wildman–Crippen LogP) is 3.95. The lowest BCUT2D eigenvalue weighted by Gasteiger charge is -2.42. The molecule has 0 bridgehead atoms. The van der Waals surface area contributed by atoms with Gasteiger partial charge in [0.2, 0.25) is 0 Å². The summed E-state index contributed by atoms with van der Waals surface area (Å²) in [6.45, 7) is 5.17. The zero-order chi connectivity index (χ0) is 18.8. The summed E-state index contributed by atoms with van der Waals surface area (Å²) in [6.07, 6.45) is 6.91. The van der Waals surface area contributed by atoms with Crippen LogP contribution in [0, 0.1) is 11.2 Å². The monoisotopic (exact) mass is 381 g/mol. The van der Waals surface area contributed by atoms with Gasteiger partial charge in [-0.1, -0.05) is 12.5 Å². The molecule has 2 N–H and O–H groups in total. The van der Waals surface area contributed by atoms with Crippen LogP contribution in [0.15, 0.2) is 23.2 Å². The molecular formula is C20H32FN3OS. The van der Waals surface area contributed by atoms with Crippen LogP contribution in [0.3, 0.4) is 0 Å². The zero-order valence-electron chi connectivity index (χ0n) is 16.2. The van der Waals surface area contributed by atoms with E-state index in [2.05, 4.69) is 17.6 Å². The minimum absolute atomic E-state index is 0.183. The summed E-state index contributed by atoms with van der Waals surface area (Å²) in [7, 11) is 1.76.